The fraction of sp³-hybridized carbons (Fsp3) is 0.562. The molecule has 0 radical (unpaired) electrons. The normalized spacial score (nSPS) is 18.4. The minimum absolute atomic E-state index is 0.141. The molecule has 0 saturated carbocycles. The maximum absolute atomic E-state index is 12.4. The maximum atomic E-state index is 12.4. The Morgan fingerprint density at radius 2 is 2.05 bits per heavy atom. The predicted octanol–water partition coefficient (Wildman–Crippen LogP) is 1.86. The number of likely N-dealkylation sites (tertiary alicyclic amines) is 1. The molecule has 1 fully saturated rings. The molecule has 2 heterocycles. The molecular formula is C16H21ClN2O3. The summed E-state index contributed by atoms with van der Waals surface area (Å²) >= 11 is 6.22. The van der Waals surface area contributed by atoms with Gasteiger partial charge in [0, 0.05) is 19.1 Å². The molecule has 0 aromatic heterocycles. The lowest BCUT2D eigenvalue weighted by Crippen LogP contribution is -2.44. The molecule has 0 spiro atoms. The van der Waals surface area contributed by atoms with Crippen LogP contribution in [0.25, 0.3) is 0 Å². The molecule has 1 amide bonds. The summed E-state index contributed by atoms with van der Waals surface area (Å²) in [6.45, 7) is 2.63. The number of halogens is 1. The molecule has 6 heteroatoms. The van der Waals surface area contributed by atoms with Crippen LogP contribution >= 0.6 is 11.6 Å². The molecule has 1 aromatic rings. The quantitative estimate of drug-likeness (QED) is 0.922. The molecule has 5 nitrogen and oxygen atoms in total. The Bertz CT molecular complexity index is 557. The zero-order chi connectivity index (χ0) is 15.5. The van der Waals surface area contributed by atoms with Crippen LogP contribution in [-0.2, 0) is 11.2 Å². The van der Waals surface area contributed by atoms with Gasteiger partial charge >= 0.3 is 0 Å². The number of rotatable bonds is 3. The molecule has 1 N–H and O–H groups in total. The van der Waals surface area contributed by atoms with E-state index in [1.54, 1.807) is 6.07 Å². The number of piperidine rings is 1. The number of ether oxygens (including phenoxy) is 2. The molecule has 0 aliphatic carbocycles. The number of carbonyl (C=O) groups excluding carboxylic acids is 1. The van der Waals surface area contributed by atoms with Gasteiger partial charge in [0.1, 0.15) is 13.2 Å². The van der Waals surface area contributed by atoms with Gasteiger partial charge in [0.2, 0.25) is 5.91 Å². The molecule has 0 atom stereocenters. The fourth-order valence-electron chi connectivity index (χ4n) is 2.97. The molecule has 1 aromatic carbocycles. The zero-order valence-corrected chi connectivity index (χ0v) is 13.5. The fourth-order valence-corrected chi connectivity index (χ4v) is 3.26. The van der Waals surface area contributed by atoms with Gasteiger partial charge in [-0.05, 0) is 37.6 Å². The van der Waals surface area contributed by atoms with E-state index >= 15 is 0 Å². The topological polar surface area (TPSA) is 50.8 Å². The van der Waals surface area contributed by atoms with E-state index in [4.69, 9.17) is 21.1 Å². The second-order valence-corrected chi connectivity index (χ2v) is 6.13. The van der Waals surface area contributed by atoms with Gasteiger partial charge in [0.05, 0.1) is 11.4 Å². The second kappa shape index (κ2) is 6.75. The molecule has 2 aliphatic heterocycles. The van der Waals surface area contributed by atoms with E-state index in [0.717, 1.165) is 31.5 Å². The van der Waals surface area contributed by atoms with Crippen LogP contribution in [0.4, 0.5) is 0 Å². The summed E-state index contributed by atoms with van der Waals surface area (Å²) in [7, 11) is 1.97. The van der Waals surface area contributed by atoms with Crippen molar-refractivity contribution in [3.8, 4) is 11.5 Å². The molecule has 0 bridgehead atoms. The third-order valence-corrected chi connectivity index (χ3v) is 4.55. The molecular weight excluding hydrogens is 304 g/mol. The third-order valence-electron chi connectivity index (χ3n) is 4.27. The molecule has 2 aliphatic rings. The number of fused-ring (bicyclic) bond motifs is 1. The van der Waals surface area contributed by atoms with E-state index in [1.165, 1.54) is 0 Å². The van der Waals surface area contributed by atoms with Crippen molar-refractivity contribution in [1.82, 2.24) is 10.2 Å². The van der Waals surface area contributed by atoms with Gasteiger partial charge in [-0.2, -0.15) is 0 Å². The van der Waals surface area contributed by atoms with Crippen LogP contribution in [0.2, 0.25) is 5.02 Å². The number of nitrogens with one attached hydrogen (secondary N) is 1. The van der Waals surface area contributed by atoms with E-state index in [2.05, 4.69) is 5.32 Å². The van der Waals surface area contributed by atoms with E-state index in [-0.39, 0.29) is 5.91 Å². The summed E-state index contributed by atoms with van der Waals surface area (Å²) in [5.74, 6) is 1.36. The lowest BCUT2D eigenvalue weighted by atomic mass is 10.0. The molecule has 3 rings (SSSR count). The number of hydrogen-bond acceptors (Lipinski definition) is 4. The average Bonchev–Trinajstić information content (AvgIpc) is 2.55. The lowest BCUT2D eigenvalue weighted by molar-refractivity contribution is -0.131. The van der Waals surface area contributed by atoms with Crippen molar-refractivity contribution < 1.29 is 14.3 Å². The van der Waals surface area contributed by atoms with Gasteiger partial charge in [0.15, 0.2) is 11.5 Å². The minimum Gasteiger partial charge on any atom is -0.486 e. The van der Waals surface area contributed by atoms with Crippen molar-refractivity contribution in [3.05, 3.63) is 22.7 Å². The highest BCUT2D eigenvalue weighted by atomic mass is 35.5. The Balaban J connectivity index is 1.66. The Morgan fingerprint density at radius 3 is 2.77 bits per heavy atom. The van der Waals surface area contributed by atoms with Crippen LogP contribution in [0.15, 0.2) is 12.1 Å². The Labute approximate surface area is 135 Å². The van der Waals surface area contributed by atoms with Crippen molar-refractivity contribution in [1.29, 1.82) is 0 Å². The first-order chi connectivity index (χ1) is 10.7. The molecule has 120 valence electrons. The lowest BCUT2D eigenvalue weighted by Gasteiger charge is -2.32. The van der Waals surface area contributed by atoms with E-state index in [0.29, 0.717) is 42.2 Å². The van der Waals surface area contributed by atoms with E-state index in [9.17, 15) is 4.79 Å². The molecule has 22 heavy (non-hydrogen) atoms. The van der Waals surface area contributed by atoms with Gasteiger partial charge in [0.25, 0.3) is 0 Å². The van der Waals surface area contributed by atoms with Crippen LogP contribution in [0.1, 0.15) is 18.4 Å². The highest BCUT2D eigenvalue weighted by molar-refractivity contribution is 6.32. The van der Waals surface area contributed by atoms with Crippen LogP contribution in [-0.4, -0.2) is 50.2 Å². The first-order valence-corrected chi connectivity index (χ1v) is 8.08. The SMILES string of the molecule is CNC1CCN(C(=O)Cc2cc(Cl)c3c(c2)OCCO3)CC1. The Hall–Kier alpha value is -1.46. The number of amides is 1. The number of nitrogens with zero attached hydrogens (tertiary/aromatic N) is 1. The van der Waals surface area contributed by atoms with Crippen LogP contribution in [0.5, 0.6) is 11.5 Å². The van der Waals surface area contributed by atoms with Crippen molar-refractivity contribution in [2.75, 3.05) is 33.4 Å². The van der Waals surface area contributed by atoms with Crippen molar-refractivity contribution in [2.24, 2.45) is 0 Å². The minimum atomic E-state index is 0.141. The summed E-state index contributed by atoms with van der Waals surface area (Å²) in [5.41, 5.74) is 0.870. The van der Waals surface area contributed by atoms with Gasteiger partial charge < -0.3 is 19.7 Å². The highest BCUT2D eigenvalue weighted by Crippen LogP contribution is 2.38. The first-order valence-electron chi connectivity index (χ1n) is 7.70. The van der Waals surface area contributed by atoms with Crippen LogP contribution in [0.3, 0.4) is 0 Å². The maximum Gasteiger partial charge on any atom is 0.226 e. The standard InChI is InChI=1S/C16H21ClN2O3/c1-18-12-2-4-19(5-3-12)15(20)10-11-8-13(17)16-14(9-11)21-6-7-22-16/h8-9,12,18H,2-7,10H2,1H3. The average molecular weight is 325 g/mol. The number of benzene rings is 1. The summed E-state index contributed by atoms with van der Waals surface area (Å²) < 4.78 is 11.1. The van der Waals surface area contributed by atoms with Crippen molar-refractivity contribution in [2.45, 2.75) is 25.3 Å². The molecule has 0 unspecified atom stereocenters. The van der Waals surface area contributed by atoms with Gasteiger partial charge in [-0.15, -0.1) is 0 Å². The third kappa shape index (κ3) is 3.31. The summed E-state index contributed by atoms with van der Waals surface area (Å²) in [6, 6.07) is 4.18. The largest absolute Gasteiger partial charge is 0.486 e. The van der Waals surface area contributed by atoms with Crippen molar-refractivity contribution in [3.63, 3.8) is 0 Å². The van der Waals surface area contributed by atoms with E-state index in [1.807, 2.05) is 18.0 Å². The monoisotopic (exact) mass is 324 g/mol. The number of carbonyl (C=O) groups is 1. The highest BCUT2D eigenvalue weighted by Gasteiger charge is 2.23. The number of hydrogen-bond donors (Lipinski definition) is 1. The summed E-state index contributed by atoms with van der Waals surface area (Å²) in [5, 5.41) is 3.78. The van der Waals surface area contributed by atoms with Crippen molar-refractivity contribution >= 4 is 17.5 Å². The smallest absolute Gasteiger partial charge is 0.226 e. The van der Waals surface area contributed by atoms with Crippen LogP contribution in [0, 0.1) is 0 Å². The summed E-state index contributed by atoms with van der Waals surface area (Å²) in [6.07, 6.45) is 2.36. The van der Waals surface area contributed by atoms with Gasteiger partial charge in [-0.3, -0.25) is 4.79 Å². The van der Waals surface area contributed by atoms with Gasteiger partial charge in [-0.1, -0.05) is 11.6 Å². The Morgan fingerprint density at radius 1 is 1.32 bits per heavy atom. The summed E-state index contributed by atoms with van der Waals surface area (Å²) in [4.78, 5) is 14.4. The zero-order valence-electron chi connectivity index (χ0n) is 12.7. The first kappa shape index (κ1) is 15.4. The van der Waals surface area contributed by atoms with Gasteiger partial charge in [-0.25, -0.2) is 0 Å². The Kier molecular flexibility index (Phi) is 4.74. The predicted molar refractivity (Wildman–Crippen MR) is 84.8 cm³/mol. The van der Waals surface area contributed by atoms with Crippen LogP contribution < -0.4 is 14.8 Å². The second-order valence-electron chi connectivity index (χ2n) is 5.72. The van der Waals surface area contributed by atoms with E-state index < -0.39 is 0 Å². The molecule has 1 saturated heterocycles.